The number of amides is 1. The maximum absolute atomic E-state index is 12.1. The van der Waals surface area contributed by atoms with Gasteiger partial charge in [0.2, 0.25) is 0 Å². The summed E-state index contributed by atoms with van der Waals surface area (Å²) in [5.41, 5.74) is 1.14. The van der Waals surface area contributed by atoms with Gasteiger partial charge in [0.15, 0.2) is 0 Å². The third-order valence-corrected chi connectivity index (χ3v) is 2.51. The van der Waals surface area contributed by atoms with Crippen molar-refractivity contribution in [3.63, 3.8) is 0 Å². The predicted molar refractivity (Wildman–Crippen MR) is 63.9 cm³/mol. The number of carbonyl (C=O) groups is 1. The molecule has 1 unspecified atom stereocenters. The van der Waals surface area contributed by atoms with E-state index in [0.29, 0.717) is 11.0 Å². The molecule has 2 aromatic rings. The Balaban J connectivity index is 2.18. The lowest BCUT2D eigenvalue weighted by molar-refractivity contribution is -0.00269. The van der Waals surface area contributed by atoms with Crippen LogP contribution in [0.25, 0.3) is 11.0 Å². The molecule has 1 aromatic carbocycles. The van der Waals surface area contributed by atoms with Crippen molar-refractivity contribution in [1.82, 2.24) is 15.3 Å². The van der Waals surface area contributed by atoms with Gasteiger partial charge in [0.1, 0.15) is 11.6 Å². The van der Waals surface area contributed by atoms with Gasteiger partial charge in [-0.1, -0.05) is 6.07 Å². The first-order chi connectivity index (χ1) is 9.09. The largest absolute Gasteiger partial charge is 0.385 e. The Hall–Kier alpha value is -2.15. The number of halogens is 2. The molecule has 0 saturated heterocycles. The van der Waals surface area contributed by atoms with Crippen molar-refractivity contribution >= 4 is 16.9 Å². The van der Waals surface area contributed by atoms with Crippen LogP contribution in [0.2, 0.25) is 0 Å². The van der Waals surface area contributed by atoms with Crippen molar-refractivity contribution < 1.29 is 18.7 Å². The summed E-state index contributed by atoms with van der Waals surface area (Å²) in [5, 5.41) is 11.2. The number of aliphatic hydroxyl groups excluding tert-OH is 1. The Kier molecular flexibility index (Phi) is 3.96. The van der Waals surface area contributed by atoms with Gasteiger partial charge in [-0.05, 0) is 12.1 Å². The number of aliphatic hydroxyl groups is 1. The number of benzene rings is 1. The van der Waals surface area contributed by atoms with E-state index in [9.17, 15) is 13.6 Å². The number of hydrogen-bond donors (Lipinski definition) is 2. The molecule has 2 rings (SSSR count). The summed E-state index contributed by atoms with van der Waals surface area (Å²) in [6, 6.07) is 4.82. The molecule has 0 aliphatic rings. The van der Waals surface area contributed by atoms with Crippen LogP contribution in [0.3, 0.4) is 0 Å². The highest BCUT2D eigenvalue weighted by atomic mass is 19.3. The van der Waals surface area contributed by atoms with E-state index in [2.05, 4.69) is 15.3 Å². The fourth-order valence-corrected chi connectivity index (χ4v) is 1.56. The summed E-state index contributed by atoms with van der Waals surface area (Å²) in [6.45, 7) is -0.521. The summed E-state index contributed by atoms with van der Waals surface area (Å²) in [4.78, 5) is 19.9. The van der Waals surface area contributed by atoms with E-state index in [-0.39, 0.29) is 5.56 Å². The van der Waals surface area contributed by atoms with Crippen molar-refractivity contribution in [3.05, 3.63) is 36.2 Å². The van der Waals surface area contributed by atoms with Gasteiger partial charge in [0.05, 0.1) is 11.1 Å². The monoisotopic (exact) mass is 267 g/mol. The van der Waals surface area contributed by atoms with Crippen LogP contribution in [0.1, 0.15) is 10.4 Å². The first-order valence-electron chi connectivity index (χ1n) is 5.53. The zero-order valence-corrected chi connectivity index (χ0v) is 9.75. The molecule has 0 aliphatic heterocycles. The molecule has 0 spiro atoms. The Morgan fingerprint density at radius 2 is 2.05 bits per heavy atom. The van der Waals surface area contributed by atoms with Gasteiger partial charge in [-0.2, -0.15) is 0 Å². The second kappa shape index (κ2) is 5.66. The average molecular weight is 267 g/mol. The summed E-state index contributed by atoms with van der Waals surface area (Å²) in [7, 11) is 0. The molecular weight excluding hydrogens is 256 g/mol. The van der Waals surface area contributed by atoms with Crippen molar-refractivity contribution in [3.8, 4) is 0 Å². The van der Waals surface area contributed by atoms with Crippen LogP contribution >= 0.6 is 0 Å². The SMILES string of the molecule is O=C(NCC(O)C(F)F)c1cccc2nccnc12. The van der Waals surface area contributed by atoms with E-state index in [1.54, 1.807) is 12.1 Å². The zero-order chi connectivity index (χ0) is 13.8. The van der Waals surface area contributed by atoms with E-state index in [0.717, 1.165) is 0 Å². The number of para-hydroxylation sites is 1. The van der Waals surface area contributed by atoms with Crippen LogP contribution in [-0.4, -0.2) is 40.1 Å². The van der Waals surface area contributed by atoms with Gasteiger partial charge in [-0.15, -0.1) is 0 Å². The van der Waals surface area contributed by atoms with E-state index in [1.165, 1.54) is 18.5 Å². The number of hydrogen-bond acceptors (Lipinski definition) is 4. The average Bonchev–Trinajstić information content (AvgIpc) is 2.43. The van der Waals surface area contributed by atoms with Gasteiger partial charge in [-0.25, -0.2) is 8.78 Å². The van der Waals surface area contributed by atoms with Gasteiger partial charge >= 0.3 is 0 Å². The molecular formula is C12H11F2N3O2. The molecule has 1 amide bonds. The Morgan fingerprint density at radius 3 is 2.79 bits per heavy atom. The number of aromatic nitrogens is 2. The maximum Gasteiger partial charge on any atom is 0.265 e. The lowest BCUT2D eigenvalue weighted by Crippen LogP contribution is -2.35. The summed E-state index contributed by atoms with van der Waals surface area (Å²) >= 11 is 0. The van der Waals surface area contributed by atoms with Gasteiger partial charge in [0, 0.05) is 18.9 Å². The second-order valence-corrected chi connectivity index (χ2v) is 3.84. The van der Waals surface area contributed by atoms with Crippen LogP contribution in [0.4, 0.5) is 8.78 Å². The number of carbonyl (C=O) groups excluding carboxylic acids is 1. The minimum atomic E-state index is -2.90. The molecule has 1 atom stereocenters. The highest BCUT2D eigenvalue weighted by molar-refractivity contribution is 6.04. The van der Waals surface area contributed by atoms with E-state index in [1.807, 2.05) is 0 Å². The molecule has 5 nitrogen and oxygen atoms in total. The smallest absolute Gasteiger partial charge is 0.265 e. The molecule has 1 heterocycles. The number of nitrogens with one attached hydrogen (secondary N) is 1. The normalized spacial score (nSPS) is 12.6. The maximum atomic E-state index is 12.1. The fraction of sp³-hybridized carbons (Fsp3) is 0.250. The Morgan fingerprint density at radius 1 is 1.32 bits per heavy atom. The lowest BCUT2D eigenvalue weighted by Gasteiger charge is -2.11. The molecule has 100 valence electrons. The Labute approximate surface area is 107 Å². The fourth-order valence-electron chi connectivity index (χ4n) is 1.56. The molecule has 19 heavy (non-hydrogen) atoms. The molecule has 2 N–H and O–H groups in total. The first kappa shape index (κ1) is 13.3. The van der Waals surface area contributed by atoms with Crippen molar-refractivity contribution in [1.29, 1.82) is 0 Å². The quantitative estimate of drug-likeness (QED) is 0.866. The topological polar surface area (TPSA) is 75.1 Å². The molecule has 0 fully saturated rings. The van der Waals surface area contributed by atoms with Gasteiger partial charge in [-0.3, -0.25) is 14.8 Å². The first-order valence-corrected chi connectivity index (χ1v) is 5.53. The lowest BCUT2D eigenvalue weighted by atomic mass is 10.1. The molecule has 0 saturated carbocycles. The van der Waals surface area contributed by atoms with Crippen LogP contribution < -0.4 is 5.32 Å². The number of rotatable bonds is 4. The third kappa shape index (κ3) is 3.00. The van der Waals surface area contributed by atoms with Crippen molar-refractivity contribution in [2.45, 2.75) is 12.5 Å². The third-order valence-electron chi connectivity index (χ3n) is 2.51. The molecule has 1 aromatic heterocycles. The highest BCUT2D eigenvalue weighted by Crippen LogP contribution is 2.13. The summed E-state index contributed by atoms with van der Waals surface area (Å²) in [5.74, 6) is -0.578. The van der Waals surface area contributed by atoms with Crippen LogP contribution in [0, 0.1) is 0 Å². The number of nitrogens with zero attached hydrogens (tertiary/aromatic N) is 2. The minimum absolute atomic E-state index is 0.229. The highest BCUT2D eigenvalue weighted by Gasteiger charge is 2.18. The van der Waals surface area contributed by atoms with E-state index < -0.39 is 25.0 Å². The minimum Gasteiger partial charge on any atom is -0.385 e. The number of alkyl halides is 2. The second-order valence-electron chi connectivity index (χ2n) is 3.84. The van der Waals surface area contributed by atoms with Crippen LogP contribution in [0.5, 0.6) is 0 Å². The standard InChI is InChI=1S/C12H11F2N3O2/c13-11(14)9(18)6-17-12(19)7-2-1-3-8-10(7)16-5-4-15-8/h1-5,9,11,18H,6H2,(H,17,19). The summed E-state index contributed by atoms with van der Waals surface area (Å²) < 4.78 is 24.2. The van der Waals surface area contributed by atoms with Gasteiger partial charge in [0.25, 0.3) is 12.3 Å². The molecule has 0 bridgehead atoms. The molecule has 0 radical (unpaired) electrons. The van der Waals surface area contributed by atoms with E-state index >= 15 is 0 Å². The molecule has 7 heteroatoms. The van der Waals surface area contributed by atoms with Crippen molar-refractivity contribution in [2.24, 2.45) is 0 Å². The summed E-state index contributed by atoms with van der Waals surface area (Å²) in [6.07, 6.45) is -1.85. The van der Waals surface area contributed by atoms with Crippen LogP contribution in [0.15, 0.2) is 30.6 Å². The number of fused-ring (bicyclic) bond motifs is 1. The predicted octanol–water partition coefficient (Wildman–Crippen LogP) is 0.986. The van der Waals surface area contributed by atoms with Gasteiger partial charge < -0.3 is 10.4 Å². The Bertz CT molecular complexity index is 587. The molecule has 0 aliphatic carbocycles. The van der Waals surface area contributed by atoms with Crippen molar-refractivity contribution in [2.75, 3.05) is 6.54 Å². The van der Waals surface area contributed by atoms with Crippen LogP contribution in [-0.2, 0) is 0 Å². The van der Waals surface area contributed by atoms with E-state index in [4.69, 9.17) is 5.11 Å². The zero-order valence-electron chi connectivity index (χ0n) is 9.75.